The molecule has 7 heteroatoms. The molecule has 1 fully saturated rings. The highest BCUT2D eigenvalue weighted by Gasteiger charge is 2.24. The van der Waals surface area contributed by atoms with E-state index in [1.54, 1.807) is 6.26 Å². The molecule has 0 amide bonds. The Bertz CT molecular complexity index is 908. The van der Waals surface area contributed by atoms with Crippen molar-refractivity contribution in [2.75, 3.05) is 13.1 Å². The zero-order valence-electron chi connectivity index (χ0n) is 15.4. The van der Waals surface area contributed by atoms with E-state index in [-0.39, 0.29) is 42.9 Å². The fraction of sp³-hybridized carbons (Fsp3) is 0.286. The number of hydrogen-bond acceptors (Lipinski definition) is 4. The van der Waals surface area contributed by atoms with E-state index in [0.717, 1.165) is 47.2 Å². The normalized spacial score (nSPS) is 16.9. The highest BCUT2D eigenvalue weighted by Crippen LogP contribution is 2.31. The molecule has 0 aliphatic carbocycles. The Morgan fingerprint density at radius 3 is 2.64 bits per heavy atom. The van der Waals surface area contributed by atoms with Crippen LogP contribution in [0.1, 0.15) is 29.2 Å². The lowest BCUT2D eigenvalue weighted by molar-refractivity contribution is -0.00206. The number of benzene rings is 2. The monoisotopic (exact) mass is 421 g/mol. The molecular formula is C21H25Cl2N3O2. The van der Waals surface area contributed by atoms with Crippen LogP contribution >= 0.6 is 24.8 Å². The third kappa shape index (κ3) is 4.67. The van der Waals surface area contributed by atoms with Gasteiger partial charge in [-0.15, -0.1) is 24.8 Å². The number of hydrogen-bond donors (Lipinski definition) is 3. The van der Waals surface area contributed by atoms with Crippen LogP contribution in [-0.4, -0.2) is 25.0 Å². The molecule has 2 aromatic carbocycles. The molecule has 2 heterocycles. The van der Waals surface area contributed by atoms with Crippen LogP contribution in [0.25, 0.3) is 11.0 Å². The van der Waals surface area contributed by atoms with E-state index in [0.29, 0.717) is 6.42 Å². The summed E-state index contributed by atoms with van der Waals surface area (Å²) >= 11 is 0. The van der Waals surface area contributed by atoms with Gasteiger partial charge >= 0.3 is 0 Å². The van der Waals surface area contributed by atoms with Crippen LogP contribution in [-0.2, 0) is 11.2 Å². The Labute approximate surface area is 177 Å². The van der Waals surface area contributed by atoms with Crippen molar-refractivity contribution >= 4 is 41.6 Å². The highest BCUT2D eigenvalue weighted by atomic mass is 35.5. The summed E-state index contributed by atoms with van der Waals surface area (Å²) in [5.74, 6) is 0.0671. The molecule has 5 nitrogen and oxygen atoms in total. The van der Waals surface area contributed by atoms with Crippen molar-refractivity contribution in [3.8, 4) is 0 Å². The summed E-state index contributed by atoms with van der Waals surface area (Å²) in [6.45, 7) is 1.86. The molecule has 1 aliphatic rings. The minimum atomic E-state index is -0.0975. The Hall–Kier alpha value is -2.05. The van der Waals surface area contributed by atoms with Gasteiger partial charge in [0.2, 0.25) is 0 Å². The number of furan rings is 1. The van der Waals surface area contributed by atoms with Gasteiger partial charge in [0.1, 0.15) is 11.4 Å². The summed E-state index contributed by atoms with van der Waals surface area (Å²) in [5, 5.41) is 12.3. The molecule has 4 N–H and O–H groups in total. The minimum absolute atomic E-state index is 0. The zero-order chi connectivity index (χ0) is 17.9. The summed E-state index contributed by atoms with van der Waals surface area (Å²) < 4.78 is 12.0. The Morgan fingerprint density at radius 2 is 1.96 bits per heavy atom. The Kier molecular flexibility index (Phi) is 7.89. The second kappa shape index (κ2) is 9.94. The van der Waals surface area contributed by atoms with Gasteiger partial charge in [0, 0.05) is 23.9 Å². The fourth-order valence-electron chi connectivity index (χ4n) is 3.65. The van der Waals surface area contributed by atoms with E-state index in [9.17, 15) is 0 Å². The number of halogens is 2. The molecule has 1 unspecified atom stereocenters. The number of amidine groups is 1. The maximum Gasteiger partial charge on any atom is 0.134 e. The third-order valence-corrected chi connectivity index (χ3v) is 4.97. The summed E-state index contributed by atoms with van der Waals surface area (Å²) in [6.07, 6.45) is 3.44. The molecule has 28 heavy (non-hydrogen) atoms. The Balaban J connectivity index is 0.00000140. The van der Waals surface area contributed by atoms with Gasteiger partial charge in [-0.2, -0.15) is 0 Å². The average molecular weight is 422 g/mol. The van der Waals surface area contributed by atoms with Crippen molar-refractivity contribution in [3.63, 3.8) is 0 Å². The number of nitrogen functional groups attached to an aromatic ring is 1. The third-order valence-electron chi connectivity index (χ3n) is 4.97. The van der Waals surface area contributed by atoms with E-state index >= 15 is 0 Å². The van der Waals surface area contributed by atoms with Gasteiger partial charge in [-0.1, -0.05) is 30.3 Å². The first-order chi connectivity index (χ1) is 12.7. The zero-order valence-corrected chi connectivity index (χ0v) is 17.0. The molecule has 1 aromatic heterocycles. The second-order valence-corrected chi connectivity index (χ2v) is 6.69. The van der Waals surface area contributed by atoms with Crippen molar-refractivity contribution in [2.24, 2.45) is 5.73 Å². The predicted octanol–water partition coefficient (Wildman–Crippen LogP) is 4.22. The number of fused-ring (bicyclic) bond motifs is 1. The lowest BCUT2D eigenvalue weighted by Crippen LogP contribution is -2.22. The van der Waals surface area contributed by atoms with E-state index < -0.39 is 0 Å². The maximum absolute atomic E-state index is 7.97. The summed E-state index contributed by atoms with van der Waals surface area (Å²) in [7, 11) is 0. The van der Waals surface area contributed by atoms with Crippen molar-refractivity contribution in [3.05, 3.63) is 71.5 Å². The van der Waals surface area contributed by atoms with Crippen molar-refractivity contribution in [1.29, 1.82) is 5.41 Å². The molecule has 2 atom stereocenters. The average Bonchev–Trinajstić information content (AvgIpc) is 3.33. The van der Waals surface area contributed by atoms with Gasteiger partial charge in [-0.05, 0) is 42.3 Å². The standard InChI is InChI=1S/C21H23N3O2.2ClH/c22-21(23)17-6-7-19-16(9-11-25-19)18(17)12-20(14-4-2-1-3-5-14)26-15-8-10-24-13-15;;/h1-7,9,11,15,20,24H,8,10,12-13H2,(H3,22,23);2*1H/t15-,20?;;/m0../s1. The molecule has 0 bridgehead atoms. The molecule has 3 aromatic rings. The second-order valence-electron chi connectivity index (χ2n) is 6.69. The number of rotatable bonds is 6. The largest absolute Gasteiger partial charge is 0.464 e. The van der Waals surface area contributed by atoms with Crippen LogP contribution in [0.4, 0.5) is 0 Å². The first-order valence-electron chi connectivity index (χ1n) is 8.97. The number of ether oxygens (including phenoxy) is 1. The van der Waals surface area contributed by atoms with Crippen LogP contribution in [0.15, 0.2) is 59.2 Å². The molecule has 4 rings (SSSR count). The van der Waals surface area contributed by atoms with Gasteiger partial charge < -0.3 is 20.2 Å². The van der Waals surface area contributed by atoms with Gasteiger partial charge in [0.15, 0.2) is 0 Å². The molecule has 150 valence electrons. The summed E-state index contributed by atoms with van der Waals surface area (Å²) in [6, 6.07) is 15.9. The Morgan fingerprint density at radius 1 is 1.18 bits per heavy atom. The molecule has 1 aliphatic heterocycles. The molecular weight excluding hydrogens is 397 g/mol. The lowest BCUT2D eigenvalue weighted by atomic mass is 9.94. The summed E-state index contributed by atoms with van der Waals surface area (Å²) in [4.78, 5) is 0. The molecule has 0 spiro atoms. The van der Waals surface area contributed by atoms with E-state index in [2.05, 4.69) is 17.4 Å². The van der Waals surface area contributed by atoms with Crippen molar-refractivity contribution in [2.45, 2.75) is 25.0 Å². The van der Waals surface area contributed by atoms with Crippen LogP contribution in [0.3, 0.4) is 0 Å². The van der Waals surface area contributed by atoms with Gasteiger partial charge in [0.05, 0.1) is 18.5 Å². The molecule has 1 saturated heterocycles. The number of nitrogens with two attached hydrogens (primary N) is 1. The fourth-order valence-corrected chi connectivity index (χ4v) is 3.65. The first kappa shape index (κ1) is 22.2. The molecule has 0 saturated carbocycles. The minimum Gasteiger partial charge on any atom is -0.464 e. The smallest absolute Gasteiger partial charge is 0.134 e. The van der Waals surface area contributed by atoms with Crippen LogP contribution in [0, 0.1) is 5.41 Å². The van der Waals surface area contributed by atoms with Gasteiger partial charge in [-0.3, -0.25) is 5.41 Å². The number of nitrogens with one attached hydrogen (secondary N) is 2. The SMILES string of the molecule is Cl.Cl.N=C(N)c1ccc2occc2c1CC(O[C@H]1CCNC1)c1ccccc1. The van der Waals surface area contributed by atoms with Crippen LogP contribution < -0.4 is 11.1 Å². The van der Waals surface area contributed by atoms with Crippen molar-refractivity contribution in [1.82, 2.24) is 5.32 Å². The summed E-state index contributed by atoms with van der Waals surface area (Å²) in [5.41, 5.74) is 9.54. The van der Waals surface area contributed by atoms with E-state index in [1.165, 1.54) is 0 Å². The van der Waals surface area contributed by atoms with Crippen LogP contribution in [0.5, 0.6) is 0 Å². The van der Waals surface area contributed by atoms with E-state index in [4.69, 9.17) is 20.3 Å². The highest BCUT2D eigenvalue weighted by molar-refractivity contribution is 6.01. The molecule has 0 radical (unpaired) electrons. The van der Waals surface area contributed by atoms with Crippen LogP contribution in [0.2, 0.25) is 0 Å². The first-order valence-corrected chi connectivity index (χ1v) is 8.97. The topological polar surface area (TPSA) is 84.3 Å². The van der Waals surface area contributed by atoms with E-state index in [1.807, 2.05) is 36.4 Å². The van der Waals surface area contributed by atoms with Crippen molar-refractivity contribution < 1.29 is 9.15 Å². The quantitative estimate of drug-likeness (QED) is 0.410. The van der Waals surface area contributed by atoms with Gasteiger partial charge in [0.25, 0.3) is 0 Å². The maximum atomic E-state index is 7.97. The van der Waals surface area contributed by atoms with Gasteiger partial charge in [-0.25, -0.2) is 0 Å². The lowest BCUT2D eigenvalue weighted by Gasteiger charge is -2.24. The predicted molar refractivity (Wildman–Crippen MR) is 117 cm³/mol.